The number of aromatic amines is 1. The van der Waals surface area contributed by atoms with Gasteiger partial charge in [-0.05, 0) is 13.8 Å². The summed E-state index contributed by atoms with van der Waals surface area (Å²) in [6.45, 7) is 4.67. The Labute approximate surface area is 110 Å². The molecule has 0 saturated carbocycles. The summed E-state index contributed by atoms with van der Waals surface area (Å²) in [6.07, 6.45) is 2.24. The van der Waals surface area contributed by atoms with E-state index in [-0.39, 0.29) is 6.04 Å². The largest absolute Gasteiger partial charge is 0.271 e. The molecule has 18 heavy (non-hydrogen) atoms. The lowest BCUT2D eigenvalue weighted by atomic mass is 10.1. The summed E-state index contributed by atoms with van der Waals surface area (Å²) in [5, 5.41) is 15.4. The van der Waals surface area contributed by atoms with Crippen molar-refractivity contribution in [3.8, 4) is 0 Å². The highest BCUT2D eigenvalue weighted by Crippen LogP contribution is 2.24. The molecule has 0 bridgehead atoms. The van der Waals surface area contributed by atoms with Crippen molar-refractivity contribution in [2.75, 3.05) is 0 Å². The molecule has 2 heterocycles. The van der Waals surface area contributed by atoms with Crippen LogP contribution < -0.4 is 11.3 Å². The molecule has 1 unspecified atom stereocenters. The predicted octanol–water partition coefficient (Wildman–Crippen LogP) is 0.730. The van der Waals surface area contributed by atoms with Gasteiger partial charge in [0.2, 0.25) is 0 Å². The van der Waals surface area contributed by atoms with E-state index < -0.39 is 0 Å². The van der Waals surface area contributed by atoms with Gasteiger partial charge in [0.1, 0.15) is 5.69 Å². The molecule has 0 aliphatic carbocycles. The van der Waals surface area contributed by atoms with Gasteiger partial charge in [-0.2, -0.15) is 20.5 Å². The maximum Gasteiger partial charge on any atom is 0.101 e. The Morgan fingerprint density at radius 1 is 1.61 bits per heavy atom. The second-order valence-corrected chi connectivity index (χ2v) is 4.36. The lowest BCUT2D eigenvalue weighted by molar-refractivity contribution is 0.506. The average molecular weight is 270 g/mol. The van der Waals surface area contributed by atoms with E-state index in [0.29, 0.717) is 11.4 Å². The number of hydrogen-bond acceptors (Lipinski definition) is 5. The minimum Gasteiger partial charge on any atom is -0.271 e. The molecule has 98 valence electrons. The molecule has 4 N–H and O–H groups in total. The van der Waals surface area contributed by atoms with E-state index in [1.165, 1.54) is 0 Å². The first-order valence-electron chi connectivity index (χ1n) is 5.71. The van der Waals surface area contributed by atoms with Gasteiger partial charge in [0.05, 0.1) is 28.6 Å². The summed E-state index contributed by atoms with van der Waals surface area (Å²) < 4.78 is 1.88. The SMILES string of the molecule is CCn1nc(C)c(Cl)c1CC(NN)c1cn[nH]n1. The highest BCUT2D eigenvalue weighted by Gasteiger charge is 2.20. The second kappa shape index (κ2) is 5.47. The molecule has 8 heteroatoms. The van der Waals surface area contributed by atoms with Crippen LogP contribution in [0.15, 0.2) is 6.20 Å². The molecule has 0 spiro atoms. The fourth-order valence-corrected chi connectivity index (χ4v) is 2.10. The van der Waals surface area contributed by atoms with E-state index in [1.54, 1.807) is 6.20 Å². The highest BCUT2D eigenvalue weighted by molar-refractivity contribution is 6.31. The number of rotatable bonds is 5. The predicted molar refractivity (Wildman–Crippen MR) is 67.8 cm³/mol. The standard InChI is InChI=1S/C10H16ClN7/c1-3-18-9(10(11)6(2)16-18)4-7(14-12)8-5-13-17-15-8/h5,7,14H,3-4,12H2,1-2H3,(H,13,15,17). The number of H-pyrrole nitrogens is 1. The molecule has 2 rings (SSSR count). The van der Waals surface area contributed by atoms with Crippen molar-refractivity contribution in [1.29, 1.82) is 0 Å². The number of hydrogen-bond donors (Lipinski definition) is 3. The van der Waals surface area contributed by atoms with Gasteiger partial charge in [0.15, 0.2) is 0 Å². The molecule has 0 saturated heterocycles. The fourth-order valence-electron chi connectivity index (χ4n) is 1.88. The molecule has 0 fully saturated rings. The summed E-state index contributed by atoms with van der Waals surface area (Å²) in [6, 6.07) is -0.150. The van der Waals surface area contributed by atoms with Crippen LogP contribution in [0.4, 0.5) is 0 Å². The van der Waals surface area contributed by atoms with Crippen LogP contribution in [0.5, 0.6) is 0 Å². The lowest BCUT2D eigenvalue weighted by Gasteiger charge is -2.14. The zero-order valence-electron chi connectivity index (χ0n) is 10.3. The molecule has 0 aliphatic heterocycles. The monoisotopic (exact) mass is 269 g/mol. The Kier molecular flexibility index (Phi) is 3.95. The summed E-state index contributed by atoms with van der Waals surface area (Å²) in [4.78, 5) is 0. The number of nitrogens with two attached hydrogens (primary N) is 1. The van der Waals surface area contributed by atoms with Crippen LogP contribution in [0.3, 0.4) is 0 Å². The normalized spacial score (nSPS) is 12.9. The van der Waals surface area contributed by atoms with Crippen LogP contribution in [0.2, 0.25) is 5.02 Å². The van der Waals surface area contributed by atoms with Crippen LogP contribution in [0, 0.1) is 6.92 Å². The Balaban J connectivity index is 2.27. The van der Waals surface area contributed by atoms with Crippen LogP contribution in [0.1, 0.15) is 30.0 Å². The topological polar surface area (TPSA) is 97.4 Å². The molecule has 0 aliphatic rings. The van der Waals surface area contributed by atoms with Crippen molar-refractivity contribution in [3.63, 3.8) is 0 Å². The molecule has 2 aromatic rings. The van der Waals surface area contributed by atoms with Gasteiger partial charge in [0, 0.05) is 13.0 Å². The minimum atomic E-state index is -0.150. The van der Waals surface area contributed by atoms with Crippen molar-refractivity contribution in [3.05, 3.63) is 28.3 Å². The summed E-state index contributed by atoms with van der Waals surface area (Å²) in [7, 11) is 0. The van der Waals surface area contributed by atoms with Crippen LogP contribution in [-0.2, 0) is 13.0 Å². The van der Waals surface area contributed by atoms with Gasteiger partial charge < -0.3 is 0 Å². The summed E-state index contributed by atoms with van der Waals surface area (Å²) in [5.74, 6) is 5.56. The molecule has 0 aromatic carbocycles. The molecule has 2 aromatic heterocycles. The smallest absolute Gasteiger partial charge is 0.101 e. The van der Waals surface area contributed by atoms with Gasteiger partial charge in [-0.15, -0.1) is 0 Å². The third-order valence-corrected chi connectivity index (χ3v) is 3.33. The van der Waals surface area contributed by atoms with Crippen molar-refractivity contribution in [2.45, 2.75) is 32.9 Å². The van der Waals surface area contributed by atoms with Crippen molar-refractivity contribution < 1.29 is 0 Å². The first kappa shape index (κ1) is 13.0. The number of nitrogens with one attached hydrogen (secondary N) is 2. The van der Waals surface area contributed by atoms with Gasteiger partial charge in [-0.25, -0.2) is 0 Å². The highest BCUT2D eigenvalue weighted by atomic mass is 35.5. The average Bonchev–Trinajstić information content (AvgIpc) is 2.98. The van der Waals surface area contributed by atoms with E-state index in [4.69, 9.17) is 17.4 Å². The lowest BCUT2D eigenvalue weighted by Crippen LogP contribution is -2.30. The van der Waals surface area contributed by atoms with Gasteiger partial charge in [-0.1, -0.05) is 11.6 Å². The van der Waals surface area contributed by atoms with Crippen molar-refractivity contribution in [2.24, 2.45) is 5.84 Å². The zero-order valence-corrected chi connectivity index (χ0v) is 11.1. The summed E-state index contributed by atoms with van der Waals surface area (Å²) in [5.41, 5.74) is 5.23. The van der Waals surface area contributed by atoms with Crippen molar-refractivity contribution in [1.82, 2.24) is 30.6 Å². The Bertz CT molecular complexity index is 505. The number of hydrazine groups is 1. The van der Waals surface area contributed by atoms with Crippen LogP contribution >= 0.6 is 11.6 Å². The second-order valence-electron chi connectivity index (χ2n) is 3.98. The number of aromatic nitrogens is 5. The zero-order chi connectivity index (χ0) is 13.1. The maximum atomic E-state index is 6.26. The molecule has 0 radical (unpaired) electrons. The first-order valence-corrected chi connectivity index (χ1v) is 6.08. The Morgan fingerprint density at radius 3 is 2.94 bits per heavy atom. The third kappa shape index (κ3) is 2.38. The minimum absolute atomic E-state index is 0.150. The fraction of sp³-hybridized carbons (Fsp3) is 0.500. The van der Waals surface area contributed by atoms with E-state index in [2.05, 4.69) is 25.9 Å². The van der Waals surface area contributed by atoms with E-state index >= 15 is 0 Å². The number of nitrogens with zero attached hydrogens (tertiary/aromatic N) is 4. The van der Waals surface area contributed by atoms with Gasteiger partial charge in [-0.3, -0.25) is 16.0 Å². The number of halogens is 1. The maximum absolute atomic E-state index is 6.26. The van der Waals surface area contributed by atoms with Crippen LogP contribution in [0.25, 0.3) is 0 Å². The Morgan fingerprint density at radius 2 is 2.39 bits per heavy atom. The van der Waals surface area contributed by atoms with Crippen LogP contribution in [-0.4, -0.2) is 25.2 Å². The van der Waals surface area contributed by atoms with Crippen molar-refractivity contribution >= 4 is 11.6 Å². The molecule has 7 nitrogen and oxygen atoms in total. The molecular weight excluding hydrogens is 254 g/mol. The molecule has 0 amide bonds. The molecular formula is C10H16ClN7. The molecule has 1 atom stereocenters. The van der Waals surface area contributed by atoms with E-state index in [1.807, 2.05) is 18.5 Å². The van der Waals surface area contributed by atoms with E-state index in [0.717, 1.165) is 23.6 Å². The number of aryl methyl sites for hydroxylation is 2. The van der Waals surface area contributed by atoms with Gasteiger partial charge in [0.25, 0.3) is 0 Å². The quantitative estimate of drug-likeness (QED) is 0.549. The first-order chi connectivity index (χ1) is 8.67. The summed E-state index contributed by atoms with van der Waals surface area (Å²) >= 11 is 6.26. The van der Waals surface area contributed by atoms with Gasteiger partial charge >= 0.3 is 0 Å². The Hall–Kier alpha value is -1.44. The third-order valence-electron chi connectivity index (χ3n) is 2.84. The van der Waals surface area contributed by atoms with E-state index in [9.17, 15) is 0 Å².